The van der Waals surface area contributed by atoms with Gasteiger partial charge in [-0.3, -0.25) is 4.79 Å². The van der Waals surface area contributed by atoms with E-state index in [2.05, 4.69) is 17.3 Å². The Balaban J connectivity index is 1.47. The molecule has 1 amide bonds. The van der Waals surface area contributed by atoms with Crippen LogP contribution in [0.15, 0.2) is 18.2 Å². The summed E-state index contributed by atoms with van der Waals surface area (Å²) in [6.07, 6.45) is 3.06. The summed E-state index contributed by atoms with van der Waals surface area (Å²) in [5, 5.41) is 3.24. The SMILES string of the molecule is CNc1nc([C@H]2CCCN(C)C2)nc2c1CN(C(=O)COc1c(C)cccc1C)CC2. The van der Waals surface area contributed by atoms with Gasteiger partial charge < -0.3 is 19.9 Å². The van der Waals surface area contributed by atoms with Crippen LogP contribution in [-0.4, -0.2) is 66.0 Å². The molecule has 2 aliphatic rings. The van der Waals surface area contributed by atoms with Crippen LogP contribution >= 0.6 is 0 Å². The highest BCUT2D eigenvalue weighted by Crippen LogP contribution is 2.30. The van der Waals surface area contributed by atoms with Crippen molar-refractivity contribution < 1.29 is 9.53 Å². The monoisotopic (exact) mass is 423 g/mol. The Hall–Kier alpha value is -2.67. The number of benzene rings is 1. The largest absolute Gasteiger partial charge is 0.483 e. The number of amides is 1. The highest BCUT2D eigenvalue weighted by atomic mass is 16.5. The second-order valence-corrected chi connectivity index (χ2v) is 8.78. The van der Waals surface area contributed by atoms with E-state index < -0.39 is 0 Å². The van der Waals surface area contributed by atoms with E-state index in [9.17, 15) is 4.79 Å². The van der Waals surface area contributed by atoms with Crippen LogP contribution in [0.25, 0.3) is 0 Å². The van der Waals surface area contributed by atoms with Crippen LogP contribution in [0.2, 0.25) is 0 Å². The summed E-state index contributed by atoms with van der Waals surface area (Å²) in [6, 6.07) is 6.00. The van der Waals surface area contributed by atoms with Gasteiger partial charge in [0, 0.05) is 38.0 Å². The number of carbonyl (C=O) groups is 1. The van der Waals surface area contributed by atoms with Crippen LogP contribution in [0.3, 0.4) is 0 Å². The van der Waals surface area contributed by atoms with E-state index >= 15 is 0 Å². The summed E-state index contributed by atoms with van der Waals surface area (Å²) in [7, 11) is 4.05. The van der Waals surface area contributed by atoms with E-state index in [1.807, 2.05) is 44.0 Å². The number of hydrogen-bond donors (Lipinski definition) is 1. The van der Waals surface area contributed by atoms with Crippen molar-refractivity contribution in [2.75, 3.05) is 45.7 Å². The maximum atomic E-state index is 12.9. The molecule has 1 atom stereocenters. The number of carbonyl (C=O) groups excluding carboxylic acids is 1. The number of likely N-dealkylation sites (N-methyl/N-ethyl adjacent to an activating group) is 1. The van der Waals surface area contributed by atoms with Crippen LogP contribution in [0.5, 0.6) is 5.75 Å². The number of aromatic nitrogens is 2. The number of nitrogens with zero attached hydrogens (tertiary/aromatic N) is 4. The molecule has 1 saturated heterocycles. The molecule has 7 nitrogen and oxygen atoms in total. The van der Waals surface area contributed by atoms with Gasteiger partial charge in [-0.15, -0.1) is 0 Å². The Morgan fingerprint density at radius 2 is 2.00 bits per heavy atom. The highest BCUT2D eigenvalue weighted by molar-refractivity contribution is 5.78. The zero-order chi connectivity index (χ0) is 22.0. The summed E-state index contributed by atoms with van der Waals surface area (Å²) < 4.78 is 5.89. The Bertz CT molecular complexity index is 924. The van der Waals surface area contributed by atoms with E-state index in [4.69, 9.17) is 14.7 Å². The van der Waals surface area contributed by atoms with Gasteiger partial charge in [0.05, 0.1) is 12.2 Å². The fraction of sp³-hybridized carbons (Fsp3) is 0.542. The number of para-hydroxylation sites is 1. The van der Waals surface area contributed by atoms with Gasteiger partial charge in [0.25, 0.3) is 5.91 Å². The molecule has 166 valence electrons. The number of piperidine rings is 1. The molecule has 0 unspecified atom stereocenters. The number of anilines is 1. The van der Waals surface area contributed by atoms with Crippen LogP contribution in [0.1, 0.15) is 47.0 Å². The molecule has 0 saturated carbocycles. The van der Waals surface area contributed by atoms with Gasteiger partial charge in [-0.2, -0.15) is 0 Å². The van der Waals surface area contributed by atoms with E-state index in [0.29, 0.717) is 19.0 Å². The Kier molecular flexibility index (Phi) is 6.41. The van der Waals surface area contributed by atoms with Crippen molar-refractivity contribution in [3.63, 3.8) is 0 Å². The molecule has 1 aromatic carbocycles. The summed E-state index contributed by atoms with van der Waals surface area (Å²) in [5.41, 5.74) is 4.19. The summed E-state index contributed by atoms with van der Waals surface area (Å²) >= 11 is 0. The molecule has 1 aromatic heterocycles. The first-order valence-electron chi connectivity index (χ1n) is 11.2. The second kappa shape index (κ2) is 9.22. The van der Waals surface area contributed by atoms with Crippen LogP contribution in [0, 0.1) is 13.8 Å². The lowest BCUT2D eigenvalue weighted by molar-refractivity contribution is -0.134. The predicted molar refractivity (Wildman–Crippen MR) is 122 cm³/mol. The Morgan fingerprint density at radius 3 is 2.71 bits per heavy atom. The molecule has 3 heterocycles. The average Bonchev–Trinajstić information content (AvgIpc) is 2.77. The van der Waals surface area contributed by atoms with Gasteiger partial charge in [0.15, 0.2) is 6.61 Å². The topological polar surface area (TPSA) is 70.6 Å². The standard InChI is InChI=1S/C24H33N5O2/c1-16-7-5-8-17(2)22(16)31-15-21(30)29-12-10-20-19(14-29)24(25-3)27-23(26-20)18-9-6-11-28(4)13-18/h5,7-8,18H,6,9-15H2,1-4H3,(H,25,26,27)/t18-/m0/s1. The van der Waals surface area contributed by atoms with E-state index in [0.717, 1.165) is 65.7 Å². The minimum atomic E-state index is -0.00617. The molecule has 0 aliphatic carbocycles. The normalized spacial score (nSPS) is 19.1. The number of fused-ring (bicyclic) bond motifs is 1. The van der Waals surface area contributed by atoms with E-state index in [-0.39, 0.29) is 12.5 Å². The van der Waals surface area contributed by atoms with Gasteiger partial charge in [-0.05, 0) is 51.4 Å². The number of rotatable bonds is 5. The molecule has 0 bridgehead atoms. The van der Waals surface area contributed by atoms with Crippen molar-refractivity contribution in [2.45, 2.75) is 45.6 Å². The maximum Gasteiger partial charge on any atom is 0.260 e. The van der Waals surface area contributed by atoms with Crippen molar-refractivity contribution in [2.24, 2.45) is 0 Å². The Morgan fingerprint density at radius 1 is 1.23 bits per heavy atom. The number of nitrogens with one attached hydrogen (secondary N) is 1. The molecular weight excluding hydrogens is 390 g/mol. The molecular formula is C24H33N5O2. The van der Waals surface area contributed by atoms with Crippen molar-refractivity contribution in [3.05, 3.63) is 46.4 Å². The smallest absolute Gasteiger partial charge is 0.260 e. The highest BCUT2D eigenvalue weighted by Gasteiger charge is 2.28. The van der Waals surface area contributed by atoms with Crippen molar-refractivity contribution >= 4 is 11.7 Å². The first-order valence-corrected chi connectivity index (χ1v) is 11.2. The Labute approximate surface area is 184 Å². The first kappa shape index (κ1) is 21.6. The second-order valence-electron chi connectivity index (χ2n) is 8.78. The van der Waals surface area contributed by atoms with Crippen molar-refractivity contribution in [1.29, 1.82) is 0 Å². The van der Waals surface area contributed by atoms with Crippen LogP contribution < -0.4 is 10.1 Å². The van der Waals surface area contributed by atoms with Gasteiger partial charge in [-0.25, -0.2) is 9.97 Å². The third-order valence-corrected chi connectivity index (χ3v) is 6.41. The third-order valence-electron chi connectivity index (χ3n) is 6.41. The molecule has 31 heavy (non-hydrogen) atoms. The number of ether oxygens (including phenoxy) is 1. The lowest BCUT2D eigenvalue weighted by Crippen LogP contribution is -2.40. The van der Waals surface area contributed by atoms with Gasteiger partial charge in [-0.1, -0.05) is 18.2 Å². The molecule has 4 rings (SSSR count). The quantitative estimate of drug-likeness (QED) is 0.797. The van der Waals surface area contributed by atoms with Gasteiger partial charge in [0.1, 0.15) is 17.4 Å². The zero-order valence-electron chi connectivity index (χ0n) is 19.1. The molecule has 7 heteroatoms. The van der Waals surface area contributed by atoms with Crippen molar-refractivity contribution in [3.8, 4) is 5.75 Å². The number of aryl methyl sites for hydroxylation is 2. The molecule has 2 aromatic rings. The molecule has 0 spiro atoms. The lowest BCUT2D eigenvalue weighted by Gasteiger charge is -2.32. The predicted octanol–water partition coefficient (Wildman–Crippen LogP) is 2.91. The fourth-order valence-electron chi connectivity index (χ4n) is 4.66. The van der Waals surface area contributed by atoms with E-state index in [1.54, 1.807) is 0 Å². The van der Waals surface area contributed by atoms with Gasteiger partial charge in [0.2, 0.25) is 0 Å². The molecule has 1 N–H and O–H groups in total. The van der Waals surface area contributed by atoms with Crippen LogP contribution in [-0.2, 0) is 17.8 Å². The molecule has 2 aliphatic heterocycles. The van der Waals surface area contributed by atoms with Crippen molar-refractivity contribution in [1.82, 2.24) is 19.8 Å². The summed E-state index contributed by atoms with van der Waals surface area (Å²) in [5.74, 6) is 2.96. The number of likely N-dealkylation sites (tertiary alicyclic amines) is 1. The molecule has 0 radical (unpaired) electrons. The fourth-order valence-corrected chi connectivity index (χ4v) is 4.66. The summed E-state index contributed by atoms with van der Waals surface area (Å²) in [4.78, 5) is 26.9. The molecule has 1 fully saturated rings. The lowest BCUT2D eigenvalue weighted by atomic mass is 9.96. The summed E-state index contributed by atoms with van der Waals surface area (Å²) in [6.45, 7) is 7.37. The average molecular weight is 424 g/mol. The minimum Gasteiger partial charge on any atom is -0.483 e. The zero-order valence-corrected chi connectivity index (χ0v) is 19.1. The first-order chi connectivity index (χ1) is 15.0. The number of hydrogen-bond acceptors (Lipinski definition) is 6. The van der Waals surface area contributed by atoms with E-state index in [1.165, 1.54) is 6.42 Å². The third kappa shape index (κ3) is 4.66. The maximum absolute atomic E-state index is 12.9. The minimum absolute atomic E-state index is 0.00617. The van der Waals surface area contributed by atoms with Crippen LogP contribution in [0.4, 0.5) is 5.82 Å². The van der Waals surface area contributed by atoms with Gasteiger partial charge >= 0.3 is 0 Å².